The van der Waals surface area contributed by atoms with E-state index in [0.717, 1.165) is 9.20 Å². The second-order valence-corrected chi connectivity index (χ2v) is 10.6. The highest BCUT2D eigenvalue weighted by Crippen LogP contribution is 2.23. The molecule has 2 aromatic rings. The third kappa shape index (κ3) is 7.09. The van der Waals surface area contributed by atoms with Crippen molar-refractivity contribution in [1.29, 1.82) is 0 Å². The zero-order chi connectivity index (χ0) is 23.2. The molecular weight excluding hydrogens is 436 g/mol. The van der Waals surface area contributed by atoms with Crippen molar-refractivity contribution < 1.29 is 22.7 Å². The van der Waals surface area contributed by atoms with Gasteiger partial charge in [-0.15, -0.1) is 11.8 Å². The van der Waals surface area contributed by atoms with Gasteiger partial charge in [-0.1, -0.05) is 23.8 Å². The van der Waals surface area contributed by atoms with Gasteiger partial charge in [0, 0.05) is 30.4 Å². The van der Waals surface area contributed by atoms with Crippen LogP contribution < -0.4 is 5.32 Å². The van der Waals surface area contributed by atoms with E-state index in [9.17, 15) is 18.0 Å². The maximum Gasteiger partial charge on any atom is 0.307 e. The standard InChI is InChI=1S/C22H28N2O5S2/c1-15-6-9-18(10-7-15)30-13-12-21(25)29-17(3)22(26)23-20-14-19(11-8-16(20)2)31(27,28)24(4)5/h6-11,14,17H,12-13H2,1-5H3,(H,23,26). The van der Waals surface area contributed by atoms with Crippen LogP contribution in [0.2, 0.25) is 0 Å². The fourth-order valence-corrected chi connectivity index (χ4v) is 4.30. The van der Waals surface area contributed by atoms with Crippen molar-refractivity contribution in [3.05, 3.63) is 53.6 Å². The Kier molecular flexibility index (Phi) is 8.67. The topological polar surface area (TPSA) is 92.8 Å². The van der Waals surface area contributed by atoms with Crippen LogP contribution >= 0.6 is 11.8 Å². The minimum absolute atomic E-state index is 0.0659. The van der Waals surface area contributed by atoms with Crippen LogP contribution in [0.3, 0.4) is 0 Å². The largest absolute Gasteiger partial charge is 0.453 e. The Morgan fingerprint density at radius 2 is 1.74 bits per heavy atom. The minimum atomic E-state index is -3.63. The van der Waals surface area contributed by atoms with Gasteiger partial charge < -0.3 is 10.1 Å². The molecule has 0 radical (unpaired) electrons. The van der Waals surface area contributed by atoms with Gasteiger partial charge in [-0.05, 0) is 50.6 Å². The molecule has 0 aliphatic rings. The van der Waals surface area contributed by atoms with Gasteiger partial charge in [-0.25, -0.2) is 12.7 Å². The first kappa shape index (κ1) is 24.9. The maximum atomic E-state index is 12.5. The summed E-state index contributed by atoms with van der Waals surface area (Å²) in [7, 11) is -0.759. The Labute approximate surface area is 188 Å². The molecule has 1 N–H and O–H groups in total. The van der Waals surface area contributed by atoms with Crippen LogP contribution in [0.5, 0.6) is 0 Å². The molecule has 9 heteroatoms. The number of aryl methyl sites for hydroxylation is 2. The molecule has 168 valence electrons. The molecule has 0 saturated carbocycles. The van der Waals surface area contributed by atoms with Crippen molar-refractivity contribution in [3.63, 3.8) is 0 Å². The quantitative estimate of drug-likeness (QED) is 0.450. The first-order chi connectivity index (χ1) is 14.5. The number of carbonyl (C=O) groups is 2. The molecule has 0 spiro atoms. The monoisotopic (exact) mass is 464 g/mol. The van der Waals surface area contributed by atoms with E-state index >= 15 is 0 Å². The molecule has 1 amide bonds. The number of nitrogens with one attached hydrogen (secondary N) is 1. The first-order valence-corrected chi connectivity index (χ1v) is 12.2. The van der Waals surface area contributed by atoms with Gasteiger partial charge in [-0.2, -0.15) is 0 Å². The molecule has 0 saturated heterocycles. The van der Waals surface area contributed by atoms with Gasteiger partial charge in [0.1, 0.15) is 0 Å². The van der Waals surface area contributed by atoms with Crippen molar-refractivity contribution in [2.24, 2.45) is 0 Å². The number of nitrogens with zero attached hydrogens (tertiary/aromatic N) is 1. The Balaban J connectivity index is 1.91. The van der Waals surface area contributed by atoms with Gasteiger partial charge in [0.2, 0.25) is 10.0 Å². The third-order valence-electron chi connectivity index (χ3n) is 4.52. The molecule has 7 nitrogen and oxygen atoms in total. The van der Waals surface area contributed by atoms with Crippen molar-refractivity contribution in [2.75, 3.05) is 25.2 Å². The number of amides is 1. The second kappa shape index (κ2) is 10.8. The Bertz CT molecular complexity index is 1030. The van der Waals surface area contributed by atoms with Crippen LogP contribution in [-0.2, 0) is 24.3 Å². The number of thioether (sulfide) groups is 1. The summed E-state index contributed by atoms with van der Waals surface area (Å²) >= 11 is 1.54. The van der Waals surface area contributed by atoms with Crippen LogP contribution in [0, 0.1) is 13.8 Å². The summed E-state index contributed by atoms with van der Waals surface area (Å²) in [6.07, 6.45) is -0.837. The lowest BCUT2D eigenvalue weighted by Gasteiger charge is -2.17. The zero-order valence-corrected chi connectivity index (χ0v) is 20.0. The third-order valence-corrected chi connectivity index (χ3v) is 7.34. The minimum Gasteiger partial charge on any atom is -0.453 e. The normalized spacial score (nSPS) is 12.5. The fourth-order valence-electron chi connectivity index (χ4n) is 2.54. The summed E-state index contributed by atoms with van der Waals surface area (Å²) in [5.74, 6) is -0.454. The molecular formula is C22H28N2O5S2. The van der Waals surface area contributed by atoms with E-state index in [-0.39, 0.29) is 11.3 Å². The summed E-state index contributed by atoms with van der Waals surface area (Å²) in [6.45, 7) is 5.24. The molecule has 31 heavy (non-hydrogen) atoms. The van der Waals surface area contributed by atoms with Gasteiger partial charge in [-0.3, -0.25) is 9.59 Å². The van der Waals surface area contributed by atoms with E-state index in [0.29, 0.717) is 17.0 Å². The number of carbonyl (C=O) groups excluding carboxylic acids is 2. The smallest absolute Gasteiger partial charge is 0.307 e. The number of sulfonamides is 1. The van der Waals surface area contributed by atoms with E-state index in [1.54, 1.807) is 24.8 Å². The highest BCUT2D eigenvalue weighted by molar-refractivity contribution is 7.99. The van der Waals surface area contributed by atoms with Crippen LogP contribution in [0.1, 0.15) is 24.5 Å². The average Bonchev–Trinajstić information content (AvgIpc) is 2.70. The average molecular weight is 465 g/mol. The number of rotatable bonds is 9. The van der Waals surface area contributed by atoms with E-state index in [2.05, 4.69) is 5.32 Å². The molecule has 0 heterocycles. The molecule has 1 atom stereocenters. The summed E-state index contributed by atoms with van der Waals surface area (Å²) < 4.78 is 31.0. The number of anilines is 1. The maximum absolute atomic E-state index is 12.5. The van der Waals surface area contributed by atoms with Gasteiger partial charge in [0.15, 0.2) is 6.10 Å². The van der Waals surface area contributed by atoms with Crippen LogP contribution in [-0.4, -0.2) is 50.6 Å². The van der Waals surface area contributed by atoms with Gasteiger partial charge in [0.05, 0.1) is 11.3 Å². The summed E-state index contributed by atoms with van der Waals surface area (Å²) in [6, 6.07) is 12.5. The molecule has 2 aromatic carbocycles. The Morgan fingerprint density at radius 3 is 2.35 bits per heavy atom. The van der Waals surface area contributed by atoms with Crippen molar-refractivity contribution in [3.8, 4) is 0 Å². The molecule has 1 unspecified atom stereocenters. The predicted molar refractivity (Wildman–Crippen MR) is 123 cm³/mol. The highest BCUT2D eigenvalue weighted by Gasteiger charge is 2.21. The van der Waals surface area contributed by atoms with Gasteiger partial charge >= 0.3 is 5.97 Å². The van der Waals surface area contributed by atoms with Crippen LogP contribution in [0.4, 0.5) is 5.69 Å². The fraction of sp³-hybridized carbons (Fsp3) is 0.364. The molecule has 0 aliphatic heterocycles. The molecule has 0 aliphatic carbocycles. The zero-order valence-electron chi connectivity index (χ0n) is 18.3. The van der Waals surface area contributed by atoms with Crippen molar-refractivity contribution >= 4 is 39.3 Å². The molecule has 0 fully saturated rings. The van der Waals surface area contributed by atoms with Gasteiger partial charge in [0.25, 0.3) is 5.91 Å². The summed E-state index contributed by atoms with van der Waals surface area (Å²) in [4.78, 5) is 25.7. The van der Waals surface area contributed by atoms with E-state index < -0.39 is 28.0 Å². The Hall–Kier alpha value is -2.36. The molecule has 0 aromatic heterocycles. The molecule has 0 bridgehead atoms. The second-order valence-electron chi connectivity index (χ2n) is 7.30. The number of ether oxygens (including phenoxy) is 1. The number of hydrogen-bond donors (Lipinski definition) is 1. The number of hydrogen-bond acceptors (Lipinski definition) is 6. The summed E-state index contributed by atoms with van der Waals surface area (Å²) in [5, 5.41) is 2.65. The highest BCUT2D eigenvalue weighted by atomic mass is 32.2. The lowest BCUT2D eigenvalue weighted by atomic mass is 10.2. The number of esters is 1. The van der Waals surface area contributed by atoms with Crippen molar-refractivity contribution in [2.45, 2.75) is 43.1 Å². The van der Waals surface area contributed by atoms with Crippen molar-refractivity contribution in [1.82, 2.24) is 4.31 Å². The molecule has 2 rings (SSSR count). The number of benzene rings is 2. The van der Waals surface area contributed by atoms with E-state index in [4.69, 9.17) is 4.74 Å². The SMILES string of the molecule is Cc1ccc(SCCC(=O)OC(C)C(=O)Nc2cc(S(=O)(=O)N(C)C)ccc2C)cc1. The first-order valence-electron chi connectivity index (χ1n) is 9.73. The lowest BCUT2D eigenvalue weighted by molar-refractivity contribution is -0.152. The van der Waals surface area contributed by atoms with Crippen LogP contribution in [0.25, 0.3) is 0 Å². The predicted octanol–water partition coefficient (Wildman–Crippen LogP) is 3.61. The summed E-state index contributed by atoms with van der Waals surface area (Å²) in [5.41, 5.74) is 2.22. The van der Waals surface area contributed by atoms with E-state index in [1.807, 2.05) is 31.2 Å². The lowest BCUT2D eigenvalue weighted by Crippen LogP contribution is -2.30. The Morgan fingerprint density at radius 1 is 1.10 bits per heavy atom. The van der Waals surface area contributed by atoms with E-state index in [1.165, 1.54) is 38.7 Å². The van der Waals surface area contributed by atoms with Crippen LogP contribution in [0.15, 0.2) is 52.3 Å².